The van der Waals surface area contributed by atoms with Crippen molar-refractivity contribution in [1.29, 1.82) is 0 Å². The molecule has 0 saturated heterocycles. The van der Waals surface area contributed by atoms with Crippen molar-refractivity contribution >= 4 is 27.5 Å². The molecule has 100 valence electrons. The highest BCUT2D eigenvalue weighted by atomic mass is 79.9. The van der Waals surface area contributed by atoms with Crippen LogP contribution in [0.4, 0.5) is 5.69 Å². The predicted molar refractivity (Wildman–Crippen MR) is 75.5 cm³/mol. The molecule has 0 bridgehead atoms. The van der Waals surface area contributed by atoms with Crippen LogP contribution in [0.5, 0.6) is 0 Å². The molecule has 0 fully saturated rings. The zero-order valence-electron chi connectivity index (χ0n) is 10.6. The average molecular weight is 324 g/mol. The molecule has 1 amide bonds. The summed E-state index contributed by atoms with van der Waals surface area (Å²) in [6.07, 6.45) is 0. The molecule has 1 heterocycles. The molecule has 0 unspecified atom stereocenters. The van der Waals surface area contributed by atoms with Gasteiger partial charge < -0.3 is 10.6 Å². The summed E-state index contributed by atoms with van der Waals surface area (Å²) in [7, 11) is 1.70. The van der Waals surface area contributed by atoms with Crippen LogP contribution in [-0.4, -0.2) is 33.0 Å². The van der Waals surface area contributed by atoms with Crippen molar-refractivity contribution < 1.29 is 4.79 Å². The zero-order valence-corrected chi connectivity index (χ0v) is 12.2. The molecule has 0 saturated carbocycles. The number of aromatic nitrogens is 3. The van der Waals surface area contributed by atoms with E-state index in [-0.39, 0.29) is 5.91 Å². The first-order valence-electron chi connectivity index (χ1n) is 5.65. The lowest BCUT2D eigenvalue weighted by atomic mass is 10.2. The Labute approximate surface area is 119 Å². The summed E-state index contributed by atoms with van der Waals surface area (Å²) in [5.41, 5.74) is 6.84. The maximum absolute atomic E-state index is 12.2. The van der Waals surface area contributed by atoms with Gasteiger partial charge in [-0.15, -0.1) is 0 Å². The van der Waals surface area contributed by atoms with E-state index in [9.17, 15) is 4.79 Å². The minimum absolute atomic E-state index is 0.123. The second kappa shape index (κ2) is 5.40. The van der Waals surface area contributed by atoms with Crippen LogP contribution in [0.15, 0.2) is 22.7 Å². The molecular weight excluding hydrogens is 310 g/mol. The Bertz CT molecular complexity index is 610. The monoisotopic (exact) mass is 323 g/mol. The first kappa shape index (κ1) is 13.5. The minimum atomic E-state index is -0.123. The quantitative estimate of drug-likeness (QED) is 0.842. The number of aryl methyl sites for hydroxylation is 1. The number of H-pyrrole nitrogens is 1. The average Bonchev–Trinajstić information content (AvgIpc) is 2.77. The first-order chi connectivity index (χ1) is 8.97. The highest BCUT2D eigenvalue weighted by molar-refractivity contribution is 9.10. The topological polar surface area (TPSA) is 87.9 Å². The van der Waals surface area contributed by atoms with Gasteiger partial charge in [-0.2, -0.15) is 5.10 Å². The fourth-order valence-corrected chi connectivity index (χ4v) is 1.89. The number of benzene rings is 1. The van der Waals surface area contributed by atoms with Gasteiger partial charge in [-0.05, 0) is 41.1 Å². The van der Waals surface area contributed by atoms with Crippen LogP contribution in [0, 0.1) is 6.92 Å². The molecule has 0 spiro atoms. The maximum atomic E-state index is 12.2. The molecule has 2 aromatic rings. The predicted octanol–water partition coefficient (Wildman–Crippen LogP) is 1.73. The van der Waals surface area contributed by atoms with E-state index in [1.54, 1.807) is 30.1 Å². The third kappa shape index (κ3) is 3.11. The lowest BCUT2D eigenvalue weighted by molar-refractivity contribution is 0.0781. The van der Waals surface area contributed by atoms with Gasteiger partial charge in [0.05, 0.1) is 6.54 Å². The van der Waals surface area contributed by atoms with Gasteiger partial charge in [-0.1, -0.05) is 0 Å². The number of carbonyl (C=O) groups excluding carboxylic acids is 1. The number of rotatable bonds is 3. The zero-order chi connectivity index (χ0) is 14.0. The number of carbonyl (C=O) groups is 1. The number of hydrogen-bond acceptors (Lipinski definition) is 4. The number of hydrogen-bond donors (Lipinski definition) is 2. The van der Waals surface area contributed by atoms with E-state index >= 15 is 0 Å². The maximum Gasteiger partial charge on any atom is 0.254 e. The number of anilines is 1. The summed E-state index contributed by atoms with van der Waals surface area (Å²) >= 11 is 3.30. The van der Waals surface area contributed by atoms with Gasteiger partial charge in [0.25, 0.3) is 5.91 Å². The largest absolute Gasteiger partial charge is 0.398 e. The summed E-state index contributed by atoms with van der Waals surface area (Å²) in [5.74, 6) is 1.18. The highest BCUT2D eigenvalue weighted by Gasteiger charge is 2.14. The van der Waals surface area contributed by atoms with Crippen LogP contribution >= 0.6 is 15.9 Å². The molecule has 19 heavy (non-hydrogen) atoms. The molecule has 0 radical (unpaired) electrons. The molecule has 7 heteroatoms. The summed E-state index contributed by atoms with van der Waals surface area (Å²) in [5, 5.41) is 6.75. The Morgan fingerprint density at radius 1 is 1.53 bits per heavy atom. The molecular formula is C12H14BrN5O. The Hall–Kier alpha value is -1.89. The second-order valence-corrected chi connectivity index (χ2v) is 5.09. The standard InChI is InChI=1S/C12H14BrN5O/c1-7-15-11(17-16-7)6-18(2)12(19)8-3-4-9(13)10(14)5-8/h3-5H,6,14H2,1-2H3,(H,15,16,17). The molecule has 6 nitrogen and oxygen atoms in total. The van der Waals surface area contributed by atoms with Crippen LogP contribution in [-0.2, 0) is 6.54 Å². The first-order valence-corrected chi connectivity index (χ1v) is 6.45. The Balaban J connectivity index is 2.12. The Morgan fingerprint density at radius 2 is 2.26 bits per heavy atom. The number of amides is 1. The third-order valence-electron chi connectivity index (χ3n) is 2.61. The van der Waals surface area contributed by atoms with E-state index < -0.39 is 0 Å². The summed E-state index contributed by atoms with van der Waals surface area (Å²) in [6.45, 7) is 2.16. The lowest BCUT2D eigenvalue weighted by Gasteiger charge is -2.15. The SMILES string of the molecule is Cc1nc(CN(C)C(=O)c2ccc(Br)c(N)c2)n[nH]1. The molecule has 3 N–H and O–H groups in total. The minimum Gasteiger partial charge on any atom is -0.398 e. The number of nitrogens with zero attached hydrogens (tertiary/aromatic N) is 3. The molecule has 0 atom stereocenters. The van der Waals surface area contributed by atoms with Gasteiger partial charge in [0, 0.05) is 22.8 Å². The van der Waals surface area contributed by atoms with Crippen LogP contribution in [0.3, 0.4) is 0 Å². The van der Waals surface area contributed by atoms with E-state index in [1.165, 1.54) is 0 Å². The number of nitrogens with one attached hydrogen (secondary N) is 1. The number of nitrogens with two attached hydrogens (primary N) is 1. The van der Waals surface area contributed by atoms with Crippen LogP contribution in [0.2, 0.25) is 0 Å². The van der Waals surface area contributed by atoms with Gasteiger partial charge in [-0.25, -0.2) is 4.98 Å². The van der Waals surface area contributed by atoms with E-state index in [0.717, 1.165) is 10.3 Å². The van der Waals surface area contributed by atoms with E-state index in [2.05, 4.69) is 31.1 Å². The summed E-state index contributed by atoms with van der Waals surface area (Å²) in [6, 6.07) is 5.13. The third-order valence-corrected chi connectivity index (χ3v) is 3.33. The van der Waals surface area contributed by atoms with Crippen LogP contribution in [0.25, 0.3) is 0 Å². The van der Waals surface area contributed by atoms with Gasteiger partial charge in [-0.3, -0.25) is 9.89 Å². The van der Waals surface area contributed by atoms with Crippen LogP contribution < -0.4 is 5.73 Å². The van der Waals surface area contributed by atoms with Crippen molar-refractivity contribution in [3.63, 3.8) is 0 Å². The van der Waals surface area contributed by atoms with Crippen molar-refractivity contribution in [2.24, 2.45) is 0 Å². The van der Waals surface area contributed by atoms with Gasteiger partial charge in [0.1, 0.15) is 5.82 Å². The van der Waals surface area contributed by atoms with Crippen molar-refractivity contribution in [3.05, 3.63) is 39.9 Å². The van der Waals surface area contributed by atoms with Gasteiger partial charge in [0.15, 0.2) is 5.82 Å². The van der Waals surface area contributed by atoms with Crippen molar-refractivity contribution in [1.82, 2.24) is 20.1 Å². The fourth-order valence-electron chi connectivity index (χ4n) is 1.64. The number of nitrogen functional groups attached to an aromatic ring is 1. The molecule has 2 rings (SSSR count). The molecule has 0 aliphatic heterocycles. The van der Waals surface area contributed by atoms with Crippen LogP contribution in [0.1, 0.15) is 22.0 Å². The molecule has 1 aromatic carbocycles. The number of halogens is 1. The highest BCUT2D eigenvalue weighted by Crippen LogP contribution is 2.21. The van der Waals surface area contributed by atoms with E-state index in [0.29, 0.717) is 23.6 Å². The van der Waals surface area contributed by atoms with E-state index in [1.807, 2.05) is 6.92 Å². The summed E-state index contributed by atoms with van der Waals surface area (Å²) in [4.78, 5) is 17.9. The van der Waals surface area contributed by atoms with Crippen molar-refractivity contribution in [3.8, 4) is 0 Å². The molecule has 0 aliphatic carbocycles. The second-order valence-electron chi connectivity index (χ2n) is 4.23. The Kier molecular flexibility index (Phi) is 3.84. The van der Waals surface area contributed by atoms with Crippen molar-refractivity contribution in [2.75, 3.05) is 12.8 Å². The van der Waals surface area contributed by atoms with Crippen molar-refractivity contribution in [2.45, 2.75) is 13.5 Å². The molecule has 1 aromatic heterocycles. The number of aromatic amines is 1. The fraction of sp³-hybridized carbons (Fsp3) is 0.250. The van der Waals surface area contributed by atoms with Gasteiger partial charge >= 0.3 is 0 Å². The van der Waals surface area contributed by atoms with Gasteiger partial charge in [0.2, 0.25) is 0 Å². The smallest absolute Gasteiger partial charge is 0.254 e. The normalized spacial score (nSPS) is 10.5. The molecule has 0 aliphatic rings. The lowest BCUT2D eigenvalue weighted by Crippen LogP contribution is -2.26. The van der Waals surface area contributed by atoms with E-state index in [4.69, 9.17) is 5.73 Å². The summed E-state index contributed by atoms with van der Waals surface area (Å²) < 4.78 is 0.774. The Morgan fingerprint density at radius 3 is 2.84 bits per heavy atom.